The van der Waals surface area contributed by atoms with Crippen molar-refractivity contribution in [1.29, 1.82) is 0 Å². The lowest BCUT2D eigenvalue weighted by atomic mass is 10.1. The Morgan fingerprint density at radius 1 is 1.19 bits per heavy atom. The monoisotopic (exact) mass is 334 g/mol. The van der Waals surface area contributed by atoms with Crippen molar-refractivity contribution in [3.8, 4) is 11.3 Å². The largest absolute Gasteiger partial charge is 0.416 e. The van der Waals surface area contributed by atoms with Gasteiger partial charge in [0.1, 0.15) is 5.82 Å². The molecule has 0 aliphatic carbocycles. The molecule has 1 heterocycles. The van der Waals surface area contributed by atoms with Gasteiger partial charge in [-0.3, -0.25) is 0 Å². The van der Waals surface area contributed by atoms with E-state index in [0.29, 0.717) is 12.1 Å². The van der Waals surface area contributed by atoms with E-state index in [4.69, 9.17) is 23.2 Å². The fraction of sp³-hybridized carbons (Fsp3) is 0.214. The van der Waals surface area contributed by atoms with Crippen LogP contribution in [0.15, 0.2) is 30.3 Å². The summed E-state index contributed by atoms with van der Waals surface area (Å²) >= 11 is 11.9. The van der Waals surface area contributed by atoms with Crippen molar-refractivity contribution in [2.75, 3.05) is 11.9 Å². The predicted molar refractivity (Wildman–Crippen MR) is 78.9 cm³/mol. The first-order chi connectivity index (χ1) is 9.82. The summed E-state index contributed by atoms with van der Waals surface area (Å²) in [5.41, 5.74) is -0.317. The zero-order chi connectivity index (χ0) is 15.6. The first kappa shape index (κ1) is 15.9. The highest BCUT2D eigenvalue weighted by molar-refractivity contribution is 6.43. The maximum atomic E-state index is 13.0. The number of hydrogen-bond acceptors (Lipinski definition) is 2. The maximum Gasteiger partial charge on any atom is 0.416 e. The number of anilines is 1. The van der Waals surface area contributed by atoms with Crippen molar-refractivity contribution in [2.24, 2.45) is 0 Å². The third kappa shape index (κ3) is 3.60. The lowest BCUT2D eigenvalue weighted by Crippen LogP contribution is -2.08. The van der Waals surface area contributed by atoms with Gasteiger partial charge in [0.2, 0.25) is 0 Å². The van der Waals surface area contributed by atoms with Gasteiger partial charge in [0.05, 0.1) is 21.3 Å². The van der Waals surface area contributed by atoms with Gasteiger partial charge in [-0.2, -0.15) is 13.2 Å². The molecule has 0 radical (unpaired) electrons. The molecule has 1 aromatic carbocycles. The van der Waals surface area contributed by atoms with E-state index < -0.39 is 11.7 Å². The molecule has 0 amide bonds. The van der Waals surface area contributed by atoms with Crippen molar-refractivity contribution in [1.82, 2.24) is 4.98 Å². The molecule has 2 aromatic rings. The van der Waals surface area contributed by atoms with Crippen LogP contribution >= 0.6 is 23.2 Å². The van der Waals surface area contributed by atoms with E-state index in [0.717, 1.165) is 12.1 Å². The van der Waals surface area contributed by atoms with Crippen molar-refractivity contribution in [2.45, 2.75) is 13.1 Å². The first-order valence-corrected chi connectivity index (χ1v) is 6.86. The molecular weight excluding hydrogens is 324 g/mol. The number of hydrogen-bond donors (Lipinski definition) is 1. The highest BCUT2D eigenvalue weighted by atomic mass is 35.5. The summed E-state index contributed by atoms with van der Waals surface area (Å²) < 4.78 is 38.9. The molecule has 7 heteroatoms. The molecule has 0 bridgehead atoms. The number of pyridine rings is 1. The van der Waals surface area contributed by atoms with E-state index in [2.05, 4.69) is 10.3 Å². The molecule has 1 aromatic heterocycles. The third-order valence-corrected chi connectivity index (χ3v) is 3.56. The normalized spacial score (nSPS) is 11.5. The van der Waals surface area contributed by atoms with Gasteiger partial charge in [0.15, 0.2) is 0 Å². The summed E-state index contributed by atoms with van der Waals surface area (Å²) in [5.74, 6) is 0.137. The van der Waals surface area contributed by atoms with Crippen LogP contribution in [0.1, 0.15) is 12.5 Å². The fourth-order valence-corrected chi connectivity index (χ4v) is 2.20. The Balaban J connectivity index is 2.62. The number of aromatic nitrogens is 1. The van der Waals surface area contributed by atoms with Crippen LogP contribution in [0.2, 0.25) is 10.0 Å². The minimum atomic E-state index is -4.47. The molecule has 0 fully saturated rings. The summed E-state index contributed by atoms with van der Waals surface area (Å²) in [7, 11) is 0. The van der Waals surface area contributed by atoms with Gasteiger partial charge in [-0.15, -0.1) is 0 Å². The van der Waals surface area contributed by atoms with E-state index in [1.807, 2.05) is 0 Å². The number of nitrogens with zero attached hydrogens (tertiary/aromatic N) is 1. The fourth-order valence-electron chi connectivity index (χ4n) is 1.81. The predicted octanol–water partition coefficient (Wildman–Crippen LogP) is 5.51. The highest BCUT2D eigenvalue weighted by Crippen LogP contribution is 2.37. The second-order valence-corrected chi connectivity index (χ2v) is 5.04. The molecule has 21 heavy (non-hydrogen) atoms. The zero-order valence-electron chi connectivity index (χ0n) is 10.9. The molecule has 0 atom stereocenters. The lowest BCUT2D eigenvalue weighted by molar-refractivity contribution is -0.137. The van der Waals surface area contributed by atoms with Crippen molar-refractivity contribution in [3.63, 3.8) is 0 Å². The van der Waals surface area contributed by atoms with Gasteiger partial charge < -0.3 is 5.32 Å². The third-order valence-electron chi connectivity index (χ3n) is 2.74. The lowest BCUT2D eigenvalue weighted by Gasteiger charge is -2.13. The minimum absolute atomic E-state index is 0.119. The number of benzene rings is 1. The summed E-state index contributed by atoms with van der Waals surface area (Å²) in [5, 5.41) is 3.21. The van der Waals surface area contributed by atoms with Gasteiger partial charge in [-0.25, -0.2) is 4.98 Å². The summed E-state index contributed by atoms with van der Waals surface area (Å²) in [6.45, 7) is 2.23. The number of nitrogens with one attached hydrogen (secondary N) is 1. The number of halogens is 5. The van der Waals surface area contributed by atoms with Crippen molar-refractivity contribution in [3.05, 3.63) is 45.9 Å². The Hall–Kier alpha value is -1.46. The van der Waals surface area contributed by atoms with Crippen LogP contribution in [0.5, 0.6) is 0 Å². The molecule has 0 saturated carbocycles. The van der Waals surface area contributed by atoms with E-state index in [1.54, 1.807) is 25.1 Å². The van der Waals surface area contributed by atoms with Gasteiger partial charge in [-0.05, 0) is 25.1 Å². The average Bonchev–Trinajstić information content (AvgIpc) is 2.41. The van der Waals surface area contributed by atoms with Gasteiger partial charge in [-0.1, -0.05) is 35.3 Å². The van der Waals surface area contributed by atoms with E-state index in [1.165, 1.54) is 0 Å². The highest BCUT2D eigenvalue weighted by Gasteiger charge is 2.32. The Bertz CT molecular complexity index is 657. The quantitative estimate of drug-likeness (QED) is 0.800. The van der Waals surface area contributed by atoms with Gasteiger partial charge in [0, 0.05) is 12.1 Å². The molecule has 0 unspecified atom stereocenters. The second-order valence-electron chi connectivity index (χ2n) is 4.26. The van der Waals surface area contributed by atoms with Crippen LogP contribution < -0.4 is 5.32 Å². The molecular formula is C14H11Cl2F3N2. The Morgan fingerprint density at radius 3 is 2.52 bits per heavy atom. The zero-order valence-corrected chi connectivity index (χ0v) is 12.4. The molecule has 1 N–H and O–H groups in total. The van der Waals surface area contributed by atoms with E-state index in [-0.39, 0.29) is 21.6 Å². The average molecular weight is 335 g/mol. The molecule has 0 aliphatic heterocycles. The van der Waals surface area contributed by atoms with Gasteiger partial charge in [0.25, 0.3) is 0 Å². The number of rotatable bonds is 3. The molecule has 112 valence electrons. The second kappa shape index (κ2) is 6.12. The van der Waals surface area contributed by atoms with Crippen LogP contribution in [0, 0.1) is 0 Å². The minimum Gasteiger partial charge on any atom is -0.370 e. The van der Waals surface area contributed by atoms with Crippen LogP contribution in [0.25, 0.3) is 11.3 Å². The maximum absolute atomic E-state index is 13.0. The van der Waals surface area contributed by atoms with Crippen LogP contribution in [-0.4, -0.2) is 11.5 Å². The Labute approximate surface area is 129 Å². The molecule has 0 saturated heterocycles. The van der Waals surface area contributed by atoms with Crippen LogP contribution in [-0.2, 0) is 6.18 Å². The first-order valence-electron chi connectivity index (χ1n) is 6.10. The standard InChI is InChI=1S/C14H11Cl2F3N2/c1-2-20-12-7-8(14(17,18)19)6-11(21-12)9-4-3-5-10(15)13(9)16/h3-7H,2H2,1H3,(H,20,21). The van der Waals surface area contributed by atoms with Crippen molar-refractivity contribution < 1.29 is 13.2 Å². The molecule has 2 nitrogen and oxygen atoms in total. The Kier molecular flexibility index (Phi) is 4.64. The van der Waals surface area contributed by atoms with Crippen LogP contribution in [0.4, 0.5) is 19.0 Å². The van der Waals surface area contributed by atoms with Crippen LogP contribution in [0.3, 0.4) is 0 Å². The van der Waals surface area contributed by atoms with Crippen molar-refractivity contribution >= 4 is 29.0 Å². The topological polar surface area (TPSA) is 24.9 Å². The summed E-state index contributed by atoms with van der Waals surface area (Å²) in [6.07, 6.45) is -4.47. The summed E-state index contributed by atoms with van der Waals surface area (Å²) in [4.78, 5) is 4.15. The smallest absolute Gasteiger partial charge is 0.370 e. The van der Waals surface area contributed by atoms with E-state index in [9.17, 15) is 13.2 Å². The molecule has 0 spiro atoms. The Morgan fingerprint density at radius 2 is 1.90 bits per heavy atom. The summed E-state index contributed by atoms with van der Waals surface area (Å²) in [6, 6.07) is 6.67. The van der Waals surface area contributed by atoms with Gasteiger partial charge >= 0.3 is 6.18 Å². The number of alkyl halides is 3. The van der Waals surface area contributed by atoms with E-state index >= 15 is 0 Å². The molecule has 0 aliphatic rings. The SMILES string of the molecule is CCNc1cc(C(F)(F)F)cc(-c2cccc(Cl)c2Cl)n1. The molecule has 2 rings (SSSR count).